The first kappa shape index (κ1) is 18.5. The number of nitrogens with zero attached hydrogens (tertiary/aromatic N) is 1. The Labute approximate surface area is 159 Å². The predicted octanol–water partition coefficient (Wildman–Crippen LogP) is 3.10. The van der Waals surface area contributed by atoms with Gasteiger partial charge in [0.1, 0.15) is 0 Å². The van der Waals surface area contributed by atoms with Crippen molar-refractivity contribution in [2.24, 2.45) is 5.92 Å². The lowest BCUT2D eigenvalue weighted by Gasteiger charge is -2.31. The third-order valence-corrected chi connectivity index (χ3v) is 4.46. The fourth-order valence-corrected chi connectivity index (χ4v) is 3.04. The molecule has 1 atom stereocenters. The number of benzene rings is 2. The lowest BCUT2D eigenvalue weighted by Crippen LogP contribution is -2.48. The van der Waals surface area contributed by atoms with Gasteiger partial charge in [0.2, 0.25) is 5.91 Å². The van der Waals surface area contributed by atoms with E-state index < -0.39 is 0 Å². The van der Waals surface area contributed by atoms with Gasteiger partial charge in [-0.15, -0.1) is 0 Å². The Morgan fingerprint density at radius 3 is 2.48 bits per heavy atom. The van der Waals surface area contributed by atoms with Crippen molar-refractivity contribution in [1.29, 1.82) is 0 Å². The summed E-state index contributed by atoms with van der Waals surface area (Å²) in [5, 5.41) is 5.74. The van der Waals surface area contributed by atoms with Crippen molar-refractivity contribution in [3.63, 3.8) is 0 Å². The summed E-state index contributed by atoms with van der Waals surface area (Å²) in [6.45, 7) is 1.37. The minimum atomic E-state index is -0.194. The maximum atomic E-state index is 12.5. The molecule has 3 amide bonds. The van der Waals surface area contributed by atoms with Gasteiger partial charge in [0, 0.05) is 24.3 Å². The summed E-state index contributed by atoms with van der Waals surface area (Å²) in [5.74, 6) is 5.73. The highest BCUT2D eigenvalue weighted by molar-refractivity contribution is 5.93. The number of hydrogen-bond donors (Lipinski definition) is 2. The van der Waals surface area contributed by atoms with Crippen molar-refractivity contribution in [1.82, 2.24) is 10.2 Å². The van der Waals surface area contributed by atoms with Crippen LogP contribution in [0.2, 0.25) is 0 Å². The van der Waals surface area contributed by atoms with Gasteiger partial charge in [0.05, 0.1) is 12.5 Å². The number of para-hydroxylation sites is 1. The normalized spacial score (nSPS) is 16.0. The van der Waals surface area contributed by atoms with Crippen LogP contribution in [0, 0.1) is 17.8 Å². The van der Waals surface area contributed by atoms with Crippen LogP contribution in [-0.2, 0) is 4.79 Å². The van der Waals surface area contributed by atoms with Crippen molar-refractivity contribution < 1.29 is 9.59 Å². The third-order valence-electron chi connectivity index (χ3n) is 4.46. The SMILES string of the molecule is O=C(Nc1ccccc1)[C@H]1CCCN(C(=O)NCC#Cc2ccccc2)C1. The van der Waals surface area contributed by atoms with Gasteiger partial charge in [0.15, 0.2) is 0 Å². The zero-order chi connectivity index (χ0) is 18.9. The zero-order valence-electron chi connectivity index (χ0n) is 15.2. The van der Waals surface area contributed by atoms with Gasteiger partial charge in [-0.3, -0.25) is 4.79 Å². The second-order valence-electron chi connectivity index (χ2n) is 6.47. The van der Waals surface area contributed by atoms with Crippen molar-refractivity contribution in [2.75, 3.05) is 25.0 Å². The molecular formula is C22H23N3O2. The number of rotatable bonds is 3. The summed E-state index contributed by atoms with van der Waals surface area (Å²) in [6.07, 6.45) is 1.60. The lowest BCUT2D eigenvalue weighted by atomic mass is 9.97. The summed E-state index contributed by atoms with van der Waals surface area (Å²) >= 11 is 0. The molecule has 0 saturated carbocycles. The van der Waals surface area contributed by atoms with Crippen LogP contribution in [0.25, 0.3) is 0 Å². The van der Waals surface area contributed by atoms with Crippen molar-refractivity contribution >= 4 is 17.6 Å². The van der Waals surface area contributed by atoms with E-state index in [-0.39, 0.29) is 24.4 Å². The van der Waals surface area contributed by atoms with Gasteiger partial charge in [-0.25, -0.2) is 4.79 Å². The second kappa shape index (κ2) is 9.44. The van der Waals surface area contributed by atoms with E-state index in [2.05, 4.69) is 22.5 Å². The van der Waals surface area contributed by atoms with Gasteiger partial charge in [0.25, 0.3) is 0 Å². The van der Waals surface area contributed by atoms with Crippen molar-refractivity contribution in [3.05, 3.63) is 66.2 Å². The summed E-state index contributed by atoms with van der Waals surface area (Å²) in [6, 6.07) is 18.9. The molecule has 0 spiro atoms. The molecule has 2 aromatic rings. The van der Waals surface area contributed by atoms with Crippen LogP contribution < -0.4 is 10.6 Å². The molecule has 0 aromatic heterocycles. The average Bonchev–Trinajstić information content (AvgIpc) is 2.72. The first-order valence-electron chi connectivity index (χ1n) is 9.15. The molecule has 27 heavy (non-hydrogen) atoms. The number of piperidine rings is 1. The fourth-order valence-electron chi connectivity index (χ4n) is 3.04. The van der Waals surface area contributed by atoms with Gasteiger partial charge in [-0.05, 0) is 37.1 Å². The molecule has 1 fully saturated rings. The molecule has 3 rings (SSSR count). The van der Waals surface area contributed by atoms with Crippen LogP contribution in [0.4, 0.5) is 10.5 Å². The topological polar surface area (TPSA) is 61.4 Å². The Morgan fingerprint density at radius 1 is 1.04 bits per heavy atom. The van der Waals surface area contributed by atoms with Crippen molar-refractivity contribution in [2.45, 2.75) is 12.8 Å². The molecule has 1 aliphatic heterocycles. The van der Waals surface area contributed by atoms with Crippen LogP contribution in [0.5, 0.6) is 0 Å². The first-order chi connectivity index (χ1) is 13.2. The first-order valence-corrected chi connectivity index (χ1v) is 9.15. The van der Waals surface area contributed by atoms with Crippen LogP contribution in [0.1, 0.15) is 18.4 Å². The highest BCUT2D eigenvalue weighted by Crippen LogP contribution is 2.18. The maximum Gasteiger partial charge on any atom is 0.318 e. The Balaban J connectivity index is 1.48. The minimum absolute atomic E-state index is 0.0393. The molecule has 0 bridgehead atoms. The van der Waals surface area contributed by atoms with Gasteiger partial charge in [-0.1, -0.05) is 48.2 Å². The molecule has 2 aromatic carbocycles. The summed E-state index contributed by atoms with van der Waals surface area (Å²) < 4.78 is 0. The maximum absolute atomic E-state index is 12.5. The average molecular weight is 361 g/mol. The van der Waals surface area contributed by atoms with Gasteiger partial charge in [-0.2, -0.15) is 0 Å². The molecule has 1 heterocycles. The van der Waals surface area contributed by atoms with Gasteiger partial charge < -0.3 is 15.5 Å². The molecular weight excluding hydrogens is 338 g/mol. The molecule has 1 saturated heterocycles. The number of carbonyl (C=O) groups is 2. The number of carbonyl (C=O) groups excluding carboxylic acids is 2. The predicted molar refractivity (Wildman–Crippen MR) is 106 cm³/mol. The summed E-state index contributed by atoms with van der Waals surface area (Å²) in [5.41, 5.74) is 1.70. The minimum Gasteiger partial charge on any atom is -0.327 e. The Kier molecular flexibility index (Phi) is 6.48. The second-order valence-corrected chi connectivity index (χ2v) is 6.47. The van der Waals surface area contributed by atoms with Crippen LogP contribution in [-0.4, -0.2) is 36.5 Å². The van der Waals surface area contributed by atoms with Crippen LogP contribution in [0.3, 0.4) is 0 Å². The Hall–Kier alpha value is -3.26. The van der Waals surface area contributed by atoms with Gasteiger partial charge >= 0.3 is 6.03 Å². The van der Waals surface area contributed by atoms with E-state index in [1.54, 1.807) is 4.90 Å². The molecule has 1 aliphatic rings. The Morgan fingerprint density at radius 2 is 1.74 bits per heavy atom. The van der Waals surface area contributed by atoms with Crippen LogP contribution in [0.15, 0.2) is 60.7 Å². The number of anilines is 1. The van der Waals surface area contributed by atoms with E-state index >= 15 is 0 Å². The number of likely N-dealkylation sites (tertiary alicyclic amines) is 1. The summed E-state index contributed by atoms with van der Waals surface area (Å²) in [4.78, 5) is 26.5. The third kappa shape index (κ3) is 5.61. The number of nitrogens with one attached hydrogen (secondary N) is 2. The van der Waals surface area contributed by atoms with E-state index in [1.165, 1.54) is 0 Å². The van der Waals surface area contributed by atoms with E-state index in [0.29, 0.717) is 13.1 Å². The molecule has 5 heteroatoms. The molecule has 5 nitrogen and oxygen atoms in total. The van der Waals surface area contributed by atoms with Crippen LogP contribution >= 0.6 is 0 Å². The van der Waals surface area contributed by atoms with E-state index in [9.17, 15) is 9.59 Å². The highest BCUT2D eigenvalue weighted by atomic mass is 16.2. The number of hydrogen-bond acceptors (Lipinski definition) is 2. The molecule has 0 aliphatic carbocycles. The zero-order valence-corrected chi connectivity index (χ0v) is 15.2. The largest absolute Gasteiger partial charge is 0.327 e. The number of amides is 3. The van der Waals surface area contributed by atoms with E-state index in [1.807, 2.05) is 60.7 Å². The van der Waals surface area contributed by atoms with E-state index in [4.69, 9.17) is 0 Å². The highest BCUT2D eigenvalue weighted by Gasteiger charge is 2.28. The quantitative estimate of drug-likeness (QED) is 0.826. The molecule has 0 unspecified atom stereocenters. The standard InChI is InChI=1S/C22H23N3O2/c26-21(24-20-13-5-2-6-14-20)19-12-8-16-25(17-19)22(27)23-15-7-11-18-9-3-1-4-10-18/h1-6,9-10,13-14,19H,8,12,15-17H2,(H,23,27)(H,24,26)/t19-/m0/s1. The fraction of sp³-hybridized carbons (Fsp3) is 0.273. The molecule has 0 radical (unpaired) electrons. The number of urea groups is 1. The molecule has 2 N–H and O–H groups in total. The monoisotopic (exact) mass is 361 g/mol. The smallest absolute Gasteiger partial charge is 0.318 e. The van der Waals surface area contributed by atoms with E-state index in [0.717, 1.165) is 24.1 Å². The van der Waals surface area contributed by atoms with Crippen molar-refractivity contribution in [3.8, 4) is 11.8 Å². The Bertz CT molecular complexity index is 825. The molecule has 138 valence electrons. The lowest BCUT2D eigenvalue weighted by molar-refractivity contribution is -0.121. The summed E-state index contributed by atoms with van der Waals surface area (Å²) in [7, 11) is 0.